The van der Waals surface area contributed by atoms with Crippen LogP contribution >= 0.6 is 0 Å². The van der Waals surface area contributed by atoms with E-state index in [9.17, 15) is 13.2 Å². The number of aromatic amines is 1. The van der Waals surface area contributed by atoms with E-state index in [1.807, 2.05) is 30.3 Å². The van der Waals surface area contributed by atoms with E-state index in [1.54, 1.807) is 24.4 Å². The van der Waals surface area contributed by atoms with E-state index in [2.05, 4.69) is 20.0 Å². The fraction of sp³-hybridized carbons (Fsp3) is 0.280. The third-order valence-electron chi connectivity index (χ3n) is 5.89. The molecule has 0 amide bonds. The number of H-pyrrole nitrogens is 1. The van der Waals surface area contributed by atoms with Crippen molar-refractivity contribution in [3.63, 3.8) is 0 Å². The summed E-state index contributed by atoms with van der Waals surface area (Å²) >= 11 is 0. The highest BCUT2D eigenvalue weighted by Gasteiger charge is 2.18. The molecule has 0 spiro atoms. The van der Waals surface area contributed by atoms with Gasteiger partial charge >= 0.3 is 0 Å². The summed E-state index contributed by atoms with van der Waals surface area (Å²) < 4.78 is 27.8. The fourth-order valence-electron chi connectivity index (χ4n) is 4.07. The van der Waals surface area contributed by atoms with E-state index >= 15 is 0 Å². The van der Waals surface area contributed by atoms with Crippen molar-refractivity contribution in [3.8, 4) is 0 Å². The molecule has 34 heavy (non-hydrogen) atoms. The van der Waals surface area contributed by atoms with Gasteiger partial charge in [-0.1, -0.05) is 49.6 Å². The number of nitrogens with one attached hydrogen (secondary N) is 3. The van der Waals surface area contributed by atoms with Gasteiger partial charge in [-0.3, -0.25) is 4.79 Å². The van der Waals surface area contributed by atoms with Crippen molar-refractivity contribution in [2.45, 2.75) is 49.6 Å². The Labute approximate surface area is 199 Å². The summed E-state index contributed by atoms with van der Waals surface area (Å²) in [5, 5.41) is 3.45. The van der Waals surface area contributed by atoms with Gasteiger partial charge in [0.1, 0.15) is 11.4 Å². The quantitative estimate of drug-likeness (QED) is 0.290. The summed E-state index contributed by atoms with van der Waals surface area (Å²) in [4.78, 5) is 19.7. The molecule has 1 heterocycles. The smallest absolute Gasteiger partial charge is 0.261 e. The lowest BCUT2D eigenvalue weighted by atomic mass is 9.95. The van der Waals surface area contributed by atoms with Crippen molar-refractivity contribution in [1.29, 1.82) is 0 Å². The van der Waals surface area contributed by atoms with Gasteiger partial charge in [0.2, 0.25) is 10.0 Å². The van der Waals surface area contributed by atoms with Crippen LogP contribution in [0, 0.1) is 0 Å². The second-order valence-electron chi connectivity index (χ2n) is 8.38. The molecule has 1 aliphatic carbocycles. The number of amidine groups is 1. The zero-order chi connectivity index (χ0) is 24.0. The maximum Gasteiger partial charge on any atom is 0.261 e. The minimum Gasteiger partial charge on any atom is -0.383 e. The Kier molecular flexibility index (Phi) is 7.44. The largest absolute Gasteiger partial charge is 0.383 e. The van der Waals surface area contributed by atoms with Crippen molar-refractivity contribution in [3.05, 3.63) is 88.3 Å². The van der Waals surface area contributed by atoms with Crippen molar-refractivity contribution >= 4 is 27.2 Å². The zero-order valence-corrected chi connectivity index (χ0v) is 19.6. The maximum absolute atomic E-state index is 12.6. The predicted octanol–water partition coefficient (Wildman–Crippen LogP) is 3.64. The van der Waals surface area contributed by atoms with Crippen LogP contribution in [0.2, 0.25) is 0 Å². The molecule has 5 N–H and O–H groups in total. The minimum absolute atomic E-state index is 0.0676. The minimum atomic E-state index is -3.68. The molecule has 0 atom stereocenters. The number of sulfonamides is 1. The van der Waals surface area contributed by atoms with Crippen molar-refractivity contribution in [1.82, 2.24) is 9.71 Å². The highest BCUT2D eigenvalue weighted by molar-refractivity contribution is 7.89. The van der Waals surface area contributed by atoms with Gasteiger partial charge in [0.05, 0.1) is 16.3 Å². The Bertz CT molecular complexity index is 1300. The van der Waals surface area contributed by atoms with Gasteiger partial charge in [-0.15, -0.1) is 0 Å². The van der Waals surface area contributed by atoms with Crippen LogP contribution in [0.4, 0.5) is 11.4 Å². The van der Waals surface area contributed by atoms with Gasteiger partial charge in [-0.25, -0.2) is 18.1 Å². The maximum atomic E-state index is 12.6. The molecular weight excluding hydrogens is 450 g/mol. The molecule has 9 heteroatoms. The number of nitrogens with zero attached hydrogens (tertiary/aromatic N) is 1. The van der Waals surface area contributed by atoms with Gasteiger partial charge in [0, 0.05) is 18.8 Å². The molecule has 1 aliphatic rings. The number of benzene rings is 2. The molecule has 0 radical (unpaired) electrons. The Morgan fingerprint density at radius 3 is 2.41 bits per heavy atom. The first-order valence-corrected chi connectivity index (χ1v) is 12.9. The van der Waals surface area contributed by atoms with Crippen molar-refractivity contribution in [2.24, 2.45) is 10.7 Å². The standard InChI is InChI=1S/C25H29N5O3S/c26-24(23-22(15-16-27-25(23)31)29-19-9-5-2-6-10-19)30-20-11-13-21(14-12-20)34(32,33)28-17-18-7-3-1-4-8-18/h1,3-4,7-8,11-16,19,28H,2,5-6,9-10,17H2,(H2,26,30)(H2,27,29,31). The number of anilines is 1. The summed E-state index contributed by atoms with van der Waals surface area (Å²) in [6.45, 7) is 0.198. The SMILES string of the molecule is NC(=Nc1ccc(S(=O)(=O)NCc2ccccc2)cc1)c1c(NC2CCCCC2)cc[nH]c1=O. The van der Waals surface area contributed by atoms with Crippen LogP contribution in [0.15, 0.2) is 81.5 Å². The monoisotopic (exact) mass is 479 g/mol. The summed E-state index contributed by atoms with van der Waals surface area (Å²) in [6.07, 6.45) is 7.25. The van der Waals surface area contributed by atoms with Crippen LogP contribution in [0.1, 0.15) is 43.2 Å². The van der Waals surface area contributed by atoms with Crippen LogP contribution in [0.5, 0.6) is 0 Å². The highest BCUT2D eigenvalue weighted by atomic mass is 32.2. The molecule has 0 unspecified atom stereocenters. The molecule has 178 valence electrons. The second-order valence-corrected chi connectivity index (χ2v) is 10.1. The van der Waals surface area contributed by atoms with E-state index in [-0.39, 0.29) is 28.4 Å². The van der Waals surface area contributed by atoms with E-state index in [4.69, 9.17) is 5.73 Å². The lowest BCUT2D eigenvalue weighted by Crippen LogP contribution is -2.29. The number of aliphatic imine (C=N–C) groups is 1. The van der Waals surface area contributed by atoms with Gasteiger partial charge in [-0.2, -0.15) is 0 Å². The van der Waals surface area contributed by atoms with Crippen molar-refractivity contribution in [2.75, 3.05) is 5.32 Å². The first-order chi connectivity index (χ1) is 16.4. The molecular formula is C25H29N5O3S. The zero-order valence-electron chi connectivity index (χ0n) is 18.8. The topological polar surface area (TPSA) is 129 Å². The van der Waals surface area contributed by atoms with Crippen LogP contribution in [-0.4, -0.2) is 25.3 Å². The predicted molar refractivity (Wildman–Crippen MR) is 135 cm³/mol. The lowest BCUT2D eigenvalue weighted by Gasteiger charge is -2.24. The molecule has 3 aromatic rings. The molecule has 0 bridgehead atoms. The van der Waals surface area contributed by atoms with Crippen LogP contribution in [-0.2, 0) is 16.6 Å². The summed E-state index contributed by atoms with van der Waals surface area (Å²) in [6, 6.07) is 17.5. The summed E-state index contributed by atoms with van der Waals surface area (Å²) in [5.74, 6) is 0.0676. The molecule has 0 saturated heterocycles. The van der Waals surface area contributed by atoms with E-state index in [0.29, 0.717) is 17.4 Å². The Balaban J connectivity index is 1.51. The fourth-order valence-corrected chi connectivity index (χ4v) is 5.09. The first-order valence-electron chi connectivity index (χ1n) is 11.4. The summed E-state index contributed by atoms with van der Waals surface area (Å²) in [5.41, 5.74) is 8.16. The Morgan fingerprint density at radius 2 is 1.71 bits per heavy atom. The van der Waals surface area contributed by atoms with Crippen LogP contribution in [0.25, 0.3) is 0 Å². The Hall–Kier alpha value is -3.43. The molecule has 2 aromatic carbocycles. The van der Waals surface area contributed by atoms with E-state index < -0.39 is 10.0 Å². The molecule has 0 aliphatic heterocycles. The molecule has 1 fully saturated rings. The van der Waals surface area contributed by atoms with Crippen LogP contribution in [0.3, 0.4) is 0 Å². The third kappa shape index (κ3) is 5.92. The Morgan fingerprint density at radius 1 is 1.00 bits per heavy atom. The number of pyridine rings is 1. The third-order valence-corrected chi connectivity index (χ3v) is 7.30. The number of aromatic nitrogens is 1. The number of hydrogen-bond donors (Lipinski definition) is 4. The molecule has 8 nitrogen and oxygen atoms in total. The van der Waals surface area contributed by atoms with Gasteiger partial charge < -0.3 is 16.0 Å². The number of nitrogens with two attached hydrogens (primary N) is 1. The number of rotatable bonds is 8. The molecule has 1 saturated carbocycles. The van der Waals surface area contributed by atoms with Gasteiger partial charge in [-0.05, 0) is 48.7 Å². The highest BCUT2D eigenvalue weighted by Crippen LogP contribution is 2.23. The van der Waals surface area contributed by atoms with Gasteiger partial charge in [0.15, 0.2) is 0 Å². The van der Waals surface area contributed by atoms with E-state index in [1.165, 1.54) is 18.6 Å². The normalized spacial score (nSPS) is 15.2. The lowest BCUT2D eigenvalue weighted by molar-refractivity contribution is 0.462. The molecule has 1 aromatic heterocycles. The number of hydrogen-bond acceptors (Lipinski definition) is 5. The van der Waals surface area contributed by atoms with Crippen molar-refractivity contribution < 1.29 is 8.42 Å². The molecule has 4 rings (SSSR count). The summed E-state index contributed by atoms with van der Waals surface area (Å²) in [7, 11) is -3.68. The van der Waals surface area contributed by atoms with Crippen LogP contribution < -0.4 is 21.3 Å². The first kappa shape index (κ1) is 23.7. The van der Waals surface area contributed by atoms with E-state index in [0.717, 1.165) is 31.2 Å². The second kappa shape index (κ2) is 10.7. The average Bonchev–Trinajstić information content (AvgIpc) is 2.84. The van der Waals surface area contributed by atoms with Gasteiger partial charge in [0.25, 0.3) is 5.56 Å². The average molecular weight is 480 g/mol.